The summed E-state index contributed by atoms with van der Waals surface area (Å²) in [5.41, 5.74) is 3.34. The predicted octanol–water partition coefficient (Wildman–Crippen LogP) is 2.65. The minimum absolute atomic E-state index is 0.153. The van der Waals surface area contributed by atoms with Crippen molar-refractivity contribution in [3.63, 3.8) is 0 Å². The second-order valence-electron chi connectivity index (χ2n) is 7.25. The molecule has 0 unspecified atom stereocenters. The van der Waals surface area contributed by atoms with Crippen LogP contribution in [0.5, 0.6) is 5.75 Å². The van der Waals surface area contributed by atoms with Crippen LogP contribution in [0.15, 0.2) is 80.9 Å². The Morgan fingerprint density at radius 2 is 1.80 bits per heavy atom. The second-order valence-corrected chi connectivity index (χ2v) is 10.1. The largest absolute Gasteiger partial charge is 0.484 e. The van der Waals surface area contributed by atoms with Gasteiger partial charge in [0.2, 0.25) is 10.0 Å². The molecule has 12 heteroatoms. The third-order valence-electron chi connectivity index (χ3n) is 4.49. The number of ether oxygens (including phenoxy) is 1. The number of nitrogens with one attached hydrogen (secondary N) is 2. The minimum atomic E-state index is -3.68. The van der Waals surface area contributed by atoms with Crippen molar-refractivity contribution < 1.29 is 27.2 Å². The Kier molecular flexibility index (Phi) is 9.04. The topological polar surface area (TPSA) is 130 Å². The summed E-state index contributed by atoms with van der Waals surface area (Å²) in [6.45, 7) is -0.298. The highest BCUT2D eigenvalue weighted by molar-refractivity contribution is 9.10. The number of carbonyl (C=O) groups excluding carboxylic acids is 2. The van der Waals surface area contributed by atoms with E-state index in [0.29, 0.717) is 22.8 Å². The van der Waals surface area contributed by atoms with Crippen LogP contribution < -0.4 is 19.8 Å². The van der Waals surface area contributed by atoms with Gasteiger partial charge >= 0.3 is 0 Å². The van der Waals surface area contributed by atoms with Crippen LogP contribution in [0.3, 0.4) is 0 Å². The van der Waals surface area contributed by atoms with Gasteiger partial charge in [0.1, 0.15) is 18.1 Å². The van der Waals surface area contributed by atoms with Crippen LogP contribution in [0.1, 0.15) is 11.3 Å². The number of sulfonamides is 1. The molecule has 0 aliphatic heterocycles. The van der Waals surface area contributed by atoms with E-state index in [2.05, 4.69) is 31.8 Å². The molecule has 0 spiro atoms. The van der Waals surface area contributed by atoms with E-state index < -0.39 is 22.5 Å². The maximum atomic E-state index is 12.3. The van der Waals surface area contributed by atoms with E-state index in [-0.39, 0.29) is 19.1 Å². The second kappa shape index (κ2) is 12.2. The number of hydrogen-bond donors (Lipinski definition) is 2. The average Bonchev–Trinajstić information content (AvgIpc) is 3.34. The summed E-state index contributed by atoms with van der Waals surface area (Å²) in [6, 6.07) is 16.7. The summed E-state index contributed by atoms with van der Waals surface area (Å²) in [6.07, 6.45) is 3.96. The molecule has 0 atom stereocenters. The zero-order valence-electron chi connectivity index (χ0n) is 18.7. The van der Waals surface area contributed by atoms with Gasteiger partial charge in [-0.1, -0.05) is 15.9 Å². The lowest BCUT2D eigenvalue weighted by molar-refractivity contribution is -0.123. The van der Waals surface area contributed by atoms with Crippen LogP contribution in [0, 0.1) is 0 Å². The number of carbonyl (C=O) groups is 2. The predicted molar refractivity (Wildman–Crippen MR) is 135 cm³/mol. The quantitative estimate of drug-likeness (QED) is 0.273. The molecular formula is C23H23BrN4O6S. The molecular weight excluding hydrogens is 540 g/mol. The fourth-order valence-corrected chi connectivity index (χ4v) is 3.92. The van der Waals surface area contributed by atoms with Gasteiger partial charge in [0.25, 0.3) is 11.8 Å². The number of hydrazone groups is 1. The van der Waals surface area contributed by atoms with Crippen molar-refractivity contribution in [2.24, 2.45) is 5.10 Å². The summed E-state index contributed by atoms with van der Waals surface area (Å²) in [5, 5.41) is 6.55. The van der Waals surface area contributed by atoms with Gasteiger partial charge in [0.05, 0.1) is 31.0 Å². The number of anilines is 1. The molecule has 3 rings (SSSR count). The molecule has 1 aromatic heterocycles. The molecule has 2 N–H and O–H groups in total. The van der Waals surface area contributed by atoms with Gasteiger partial charge in [-0.25, -0.2) is 13.8 Å². The molecule has 2 aromatic carbocycles. The SMILES string of the molecule is CS(=O)(=O)N(CC(=O)N/N=C\c1ccc(OCC(=O)NCc2ccco2)cc1)c1ccc(Br)cc1. The first kappa shape index (κ1) is 26.0. The van der Waals surface area contributed by atoms with Gasteiger partial charge in [0, 0.05) is 4.47 Å². The van der Waals surface area contributed by atoms with Crippen molar-refractivity contribution in [1.29, 1.82) is 0 Å². The highest BCUT2D eigenvalue weighted by Gasteiger charge is 2.20. The Morgan fingerprint density at radius 3 is 2.43 bits per heavy atom. The average molecular weight is 563 g/mol. The monoisotopic (exact) mass is 562 g/mol. The van der Waals surface area contributed by atoms with Gasteiger partial charge in [0.15, 0.2) is 6.61 Å². The van der Waals surface area contributed by atoms with E-state index in [0.717, 1.165) is 15.0 Å². The summed E-state index contributed by atoms with van der Waals surface area (Å²) in [5.74, 6) is 0.236. The number of hydrogen-bond acceptors (Lipinski definition) is 7. The first-order valence-corrected chi connectivity index (χ1v) is 12.9. The summed E-state index contributed by atoms with van der Waals surface area (Å²) >= 11 is 3.29. The zero-order valence-corrected chi connectivity index (χ0v) is 21.1. The van der Waals surface area contributed by atoms with E-state index in [9.17, 15) is 18.0 Å². The molecule has 0 radical (unpaired) electrons. The van der Waals surface area contributed by atoms with Gasteiger partial charge in [-0.15, -0.1) is 0 Å². The molecule has 0 aliphatic carbocycles. The van der Waals surface area contributed by atoms with Crippen LogP contribution in [0.4, 0.5) is 5.69 Å². The fraction of sp³-hybridized carbons (Fsp3) is 0.174. The molecule has 0 fully saturated rings. The lowest BCUT2D eigenvalue weighted by atomic mass is 10.2. The standard InChI is InChI=1S/C23H23BrN4O6S/c1-35(31,32)28(19-8-6-18(24)7-9-19)15-22(29)27-26-13-17-4-10-20(11-5-17)34-16-23(30)25-14-21-3-2-12-33-21/h2-13H,14-16H2,1H3,(H,25,30)(H,27,29)/b26-13-. The van der Waals surface area contributed by atoms with E-state index in [1.165, 1.54) is 12.5 Å². The maximum absolute atomic E-state index is 12.3. The van der Waals surface area contributed by atoms with Gasteiger partial charge < -0.3 is 14.5 Å². The Labute approximate surface area is 211 Å². The highest BCUT2D eigenvalue weighted by atomic mass is 79.9. The van der Waals surface area contributed by atoms with Crippen molar-refractivity contribution in [3.8, 4) is 5.75 Å². The minimum Gasteiger partial charge on any atom is -0.484 e. The van der Waals surface area contributed by atoms with E-state index in [4.69, 9.17) is 9.15 Å². The molecule has 3 aromatic rings. The number of nitrogens with zero attached hydrogens (tertiary/aromatic N) is 2. The van der Waals surface area contributed by atoms with E-state index in [1.807, 2.05) is 0 Å². The Bertz CT molecular complexity index is 1260. The molecule has 1 heterocycles. The summed E-state index contributed by atoms with van der Waals surface area (Å²) < 4.78 is 36.6. The molecule has 10 nitrogen and oxygen atoms in total. The van der Waals surface area contributed by atoms with Crippen molar-refractivity contribution >= 4 is 49.7 Å². The van der Waals surface area contributed by atoms with Gasteiger partial charge in [-0.3, -0.25) is 13.9 Å². The van der Waals surface area contributed by atoms with Crippen LogP contribution in [0.2, 0.25) is 0 Å². The zero-order chi connectivity index (χ0) is 25.3. The normalized spacial score (nSPS) is 11.3. The molecule has 0 saturated heterocycles. The van der Waals surface area contributed by atoms with Gasteiger partial charge in [-0.05, 0) is 66.2 Å². The van der Waals surface area contributed by atoms with Gasteiger partial charge in [-0.2, -0.15) is 5.10 Å². The number of amides is 2. The Balaban J connectivity index is 1.46. The molecule has 2 amide bonds. The molecule has 35 heavy (non-hydrogen) atoms. The lowest BCUT2D eigenvalue weighted by Gasteiger charge is -2.21. The number of benzene rings is 2. The third-order valence-corrected chi connectivity index (χ3v) is 6.16. The molecule has 0 bridgehead atoms. The lowest BCUT2D eigenvalue weighted by Crippen LogP contribution is -2.38. The summed E-state index contributed by atoms with van der Waals surface area (Å²) in [7, 11) is -3.68. The molecule has 184 valence electrons. The number of rotatable bonds is 11. The van der Waals surface area contributed by atoms with E-state index in [1.54, 1.807) is 60.7 Å². The first-order chi connectivity index (χ1) is 16.7. The smallest absolute Gasteiger partial charge is 0.260 e. The highest BCUT2D eigenvalue weighted by Crippen LogP contribution is 2.20. The Hall–Kier alpha value is -3.64. The van der Waals surface area contributed by atoms with Crippen LogP contribution in [-0.2, 0) is 26.2 Å². The van der Waals surface area contributed by atoms with Crippen molar-refractivity contribution in [2.75, 3.05) is 23.7 Å². The third kappa shape index (κ3) is 8.58. The Morgan fingerprint density at radius 1 is 1.09 bits per heavy atom. The molecule has 0 aliphatic rings. The van der Waals surface area contributed by atoms with Crippen molar-refractivity contribution in [3.05, 3.63) is 82.7 Å². The fourth-order valence-electron chi connectivity index (χ4n) is 2.80. The van der Waals surface area contributed by atoms with Crippen molar-refractivity contribution in [2.45, 2.75) is 6.54 Å². The molecule has 0 saturated carbocycles. The van der Waals surface area contributed by atoms with E-state index >= 15 is 0 Å². The van der Waals surface area contributed by atoms with Crippen LogP contribution in [-0.4, -0.2) is 45.9 Å². The number of furan rings is 1. The van der Waals surface area contributed by atoms with Crippen LogP contribution >= 0.6 is 15.9 Å². The number of halogens is 1. The first-order valence-electron chi connectivity index (χ1n) is 10.3. The summed E-state index contributed by atoms with van der Waals surface area (Å²) in [4.78, 5) is 24.1. The maximum Gasteiger partial charge on any atom is 0.260 e. The van der Waals surface area contributed by atoms with Crippen LogP contribution in [0.25, 0.3) is 0 Å². The van der Waals surface area contributed by atoms with Crippen molar-refractivity contribution in [1.82, 2.24) is 10.7 Å².